The molecule has 0 aliphatic carbocycles. The van der Waals surface area contributed by atoms with Crippen molar-refractivity contribution in [2.24, 2.45) is 0 Å². The maximum Gasteiger partial charge on any atom is 0.231 e. The molecule has 1 fully saturated rings. The summed E-state index contributed by atoms with van der Waals surface area (Å²) < 4.78 is 5.66. The molecule has 7 nitrogen and oxygen atoms in total. The third-order valence-electron chi connectivity index (χ3n) is 3.19. The molecule has 1 unspecified atom stereocenters. The highest BCUT2D eigenvalue weighted by molar-refractivity contribution is 5.44. The first-order valence-electron chi connectivity index (χ1n) is 7.10. The smallest absolute Gasteiger partial charge is 0.231 e. The highest BCUT2D eigenvalue weighted by atomic mass is 16.5. The van der Waals surface area contributed by atoms with Gasteiger partial charge in [-0.2, -0.15) is 15.0 Å². The van der Waals surface area contributed by atoms with Crippen molar-refractivity contribution in [3.8, 4) is 0 Å². The lowest BCUT2D eigenvalue weighted by Gasteiger charge is -2.22. The van der Waals surface area contributed by atoms with Crippen LogP contribution in [0.25, 0.3) is 0 Å². The summed E-state index contributed by atoms with van der Waals surface area (Å²) in [5, 5.41) is 3.14. The quantitative estimate of drug-likeness (QED) is 0.833. The maximum absolute atomic E-state index is 5.66. The van der Waals surface area contributed by atoms with E-state index in [4.69, 9.17) is 4.74 Å². The third-order valence-corrected chi connectivity index (χ3v) is 3.19. The van der Waals surface area contributed by atoms with Gasteiger partial charge in [-0.05, 0) is 19.8 Å². The zero-order chi connectivity index (χ0) is 14.5. The monoisotopic (exact) mass is 280 g/mol. The molecule has 0 bridgehead atoms. The molecule has 1 aliphatic rings. The predicted octanol–water partition coefficient (Wildman–Crippen LogP) is 0.985. The summed E-state index contributed by atoms with van der Waals surface area (Å²) in [5.41, 5.74) is 0. The molecule has 2 rings (SSSR count). The zero-order valence-corrected chi connectivity index (χ0v) is 12.8. The second-order valence-electron chi connectivity index (χ2n) is 5.20. The van der Waals surface area contributed by atoms with Crippen molar-refractivity contribution in [3.05, 3.63) is 0 Å². The Morgan fingerprint density at radius 1 is 1.20 bits per heavy atom. The van der Waals surface area contributed by atoms with Crippen LogP contribution < -0.4 is 15.1 Å². The predicted molar refractivity (Wildman–Crippen MR) is 80.6 cm³/mol. The molecule has 1 aromatic heterocycles. The van der Waals surface area contributed by atoms with E-state index >= 15 is 0 Å². The van der Waals surface area contributed by atoms with Gasteiger partial charge in [0.25, 0.3) is 0 Å². The molecule has 20 heavy (non-hydrogen) atoms. The van der Waals surface area contributed by atoms with Gasteiger partial charge >= 0.3 is 0 Å². The number of likely N-dealkylation sites (N-methyl/N-ethyl adjacent to an activating group) is 1. The largest absolute Gasteiger partial charge is 0.376 e. The number of hydrogen-bond donors (Lipinski definition) is 1. The van der Waals surface area contributed by atoms with Crippen LogP contribution in [0.5, 0.6) is 0 Å². The van der Waals surface area contributed by atoms with Crippen LogP contribution in [0.15, 0.2) is 0 Å². The molecular weight excluding hydrogens is 256 g/mol. The Bertz CT molecular complexity index is 433. The first-order valence-corrected chi connectivity index (χ1v) is 7.10. The van der Waals surface area contributed by atoms with Gasteiger partial charge in [0, 0.05) is 40.8 Å². The van der Waals surface area contributed by atoms with Crippen molar-refractivity contribution < 1.29 is 4.74 Å². The Morgan fingerprint density at radius 2 is 1.95 bits per heavy atom. The number of nitrogens with one attached hydrogen (secondary N) is 1. The average molecular weight is 280 g/mol. The molecule has 0 radical (unpaired) electrons. The molecule has 1 aliphatic heterocycles. The van der Waals surface area contributed by atoms with E-state index in [1.165, 1.54) is 0 Å². The SMILES string of the molecule is CCNc1nc(N(C)C)nc(N(C)CC2CCCO2)n1. The standard InChI is InChI=1S/C13H24N6O/c1-5-14-11-15-12(18(2)3)17-13(16-11)19(4)9-10-7-6-8-20-10/h10H,5-9H2,1-4H3,(H,14,15,16,17). The Kier molecular flexibility index (Phi) is 4.94. The fourth-order valence-corrected chi connectivity index (χ4v) is 2.14. The summed E-state index contributed by atoms with van der Waals surface area (Å²) in [6, 6.07) is 0. The van der Waals surface area contributed by atoms with E-state index in [9.17, 15) is 0 Å². The van der Waals surface area contributed by atoms with Crippen LogP contribution >= 0.6 is 0 Å². The Labute approximate surface area is 120 Å². The molecule has 0 amide bonds. The Morgan fingerprint density at radius 3 is 2.55 bits per heavy atom. The molecule has 1 atom stereocenters. The molecule has 112 valence electrons. The molecule has 1 aromatic rings. The van der Waals surface area contributed by atoms with Crippen molar-refractivity contribution in [1.82, 2.24) is 15.0 Å². The van der Waals surface area contributed by atoms with Crippen LogP contribution in [0.2, 0.25) is 0 Å². The van der Waals surface area contributed by atoms with Gasteiger partial charge in [-0.25, -0.2) is 0 Å². The highest BCUT2D eigenvalue weighted by Gasteiger charge is 2.19. The summed E-state index contributed by atoms with van der Waals surface area (Å²) in [6.45, 7) is 4.48. The van der Waals surface area contributed by atoms with E-state index in [0.717, 1.165) is 32.5 Å². The first-order chi connectivity index (χ1) is 9.60. The molecule has 2 heterocycles. The van der Waals surface area contributed by atoms with Gasteiger partial charge in [0.1, 0.15) is 0 Å². The minimum atomic E-state index is 0.280. The van der Waals surface area contributed by atoms with Crippen LogP contribution in [0.1, 0.15) is 19.8 Å². The van der Waals surface area contributed by atoms with Gasteiger partial charge < -0.3 is 19.9 Å². The molecule has 0 saturated carbocycles. The van der Waals surface area contributed by atoms with E-state index < -0.39 is 0 Å². The van der Waals surface area contributed by atoms with Gasteiger partial charge in [0.15, 0.2) is 0 Å². The van der Waals surface area contributed by atoms with E-state index in [1.54, 1.807) is 0 Å². The van der Waals surface area contributed by atoms with Gasteiger partial charge in [0.2, 0.25) is 17.8 Å². The van der Waals surface area contributed by atoms with Gasteiger partial charge in [0.05, 0.1) is 6.10 Å². The van der Waals surface area contributed by atoms with Gasteiger partial charge in [-0.3, -0.25) is 0 Å². The third kappa shape index (κ3) is 3.69. The number of aromatic nitrogens is 3. The number of hydrogen-bond acceptors (Lipinski definition) is 7. The molecule has 1 saturated heterocycles. The second-order valence-corrected chi connectivity index (χ2v) is 5.20. The minimum Gasteiger partial charge on any atom is -0.376 e. The number of rotatable bonds is 6. The number of anilines is 3. The number of nitrogens with zero attached hydrogens (tertiary/aromatic N) is 5. The van der Waals surface area contributed by atoms with E-state index in [0.29, 0.717) is 17.8 Å². The summed E-state index contributed by atoms with van der Waals surface area (Å²) in [7, 11) is 5.84. The fourth-order valence-electron chi connectivity index (χ4n) is 2.14. The molecule has 1 N–H and O–H groups in total. The van der Waals surface area contributed by atoms with Gasteiger partial charge in [-0.15, -0.1) is 0 Å². The highest BCUT2D eigenvalue weighted by Crippen LogP contribution is 2.18. The topological polar surface area (TPSA) is 66.4 Å². The normalized spacial score (nSPS) is 18.1. The van der Waals surface area contributed by atoms with Crippen molar-refractivity contribution in [2.75, 3.05) is 56.0 Å². The van der Waals surface area contributed by atoms with Crippen LogP contribution in [-0.4, -0.2) is 61.9 Å². The number of ether oxygens (including phenoxy) is 1. The Balaban J connectivity index is 2.15. The maximum atomic E-state index is 5.66. The summed E-state index contributed by atoms with van der Waals surface area (Å²) in [6.07, 6.45) is 2.53. The van der Waals surface area contributed by atoms with Crippen molar-refractivity contribution in [2.45, 2.75) is 25.9 Å². The summed E-state index contributed by atoms with van der Waals surface area (Å²) in [4.78, 5) is 17.2. The Hall–Kier alpha value is -1.63. The van der Waals surface area contributed by atoms with E-state index in [-0.39, 0.29) is 6.10 Å². The van der Waals surface area contributed by atoms with Gasteiger partial charge in [-0.1, -0.05) is 0 Å². The van der Waals surface area contributed by atoms with Crippen molar-refractivity contribution >= 4 is 17.8 Å². The zero-order valence-electron chi connectivity index (χ0n) is 12.8. The summed E-state index contributed by atoms with van der Waals surface area (Å²) in [5.74, 6) is 1.95. The van der Waals surface area contributed by atoms with Crippen molar-refractivity contribution in [1.29, 1.82) is 0 Å². The molecule has 0 aromatic carbocycles. The second kappa shape index (κ2) is 6.69. The molecular formula is C13H24N6O. The van der Waals surface area contributed by atoms with E-state index in [2.05, 4.69) is 20.3 Å². The molecule has 0 spiro atoms. The lowest BCUT2D eigenvalue weighted by Crippen LogP contribution is -2.30. The minimum absolute atomic E-state index is 0.280. The van der Waals surface area contributed by atoms with Crippen LogP contribution in [0.4, 0.5) is 17.8 Å². The van der Waals surface area contributed by atoms with Crippen molar-refractivity contribution in [3.63, 3.8) is 0 Å². The van der Waals surface area contributed by atoms with E-state index in [1.807, 2.05) is 37.9 Å². The van der Waals surface area contributed by atoms with Crippen LogP contribution in [-0.2, 0) is 4.74 Å². The van der Waals surface area contributed by atoms with Crippen LogP contribution in [0, 0.1) is 0 Å². The summed E-state index contributed by atoms with van der Waals surface area (Å²) >= 11 is 0. The van der Waals surface area contributed by atoms with Crippen LogP contribution in [0.3, 0.4) is 0 Å². The average Bonchev–Trinajstić information content (AvgIpc) is 2.91. The lowest BCUT2D eigenvalue weighted by molar-refractivity contribution is 0.116. The first kappa shape index (κ1) is 14.8. The molecule has 7 heteroatoms. The fraction of sp³-hybridized carbons (Fsp3) is 0.769. The lowest BCUT2D eigenvalue weighted by atomic mass is 10.2.